The van der Waals surface area contributed by atoms with Gasteiger partial charge in [0.15, 0.2) is 11.6 Å². The van der Waals surface area contributed by atoms with Gasteiger partial charge in [-0.2, -0.15) is 0 Å². The highest BCUT2D eigenvalue weighted by molar-refractivity contribution is 5.96. The number of benzene rings is 2. The average molecular weight is 788 g/mol. The monoisotopic (exact) mass is 788 g/mol. The molecule has 3 rings (SSSR count). The van der Waals surface area contributed by atoms with Gasteiger partial charge in [-0.15, -0.1) is 0 Å². The molecule has 2 aromatic rings. The predicted molar refractivity (Wildman–Crippen MR) is 224 cm³/mol. The van der Waals surface area contributed by atoms with E-state index in [2.05, 4.69) is 36.3 Å². The van der Waals surface area contributed by atoms with Crippen LogP contribution in [0, 0.1) is 23.7 Å². The fourth-order valence-electron chi connectivity index (χ4n) is 8.04. The minimum atomic E-state index is -1.02. The zero-order valence-electron chi connectivity index (χ0n) is 35.3. The highest BCUT2D eigenvalue weighted by Gasteiger charge is 2.33. The molecule has 1 aliphatic rings. The largest absolute Gasteiger partial charge is 0.393 e. The Hall–Kier alpha value is -4.02. The first-order chi connectivity index (χ1) is 27.2. The maximum atomic E-state index is 14.2. The lowest BCUT2D eigenvalue weighted by molar-refractivity contribution is -0.135. The van der Waals surface area contributed by atoms with Gasteiger partial charge in [0, 0.05) is 49.0 Å². The Labute approximate surface area is 341 Å². The second-order valence-electron chi connectivity index (χ2n) is 16.6. The van der Waals surface area contributed by atoms with Crippen molar-refractivity contribution in [2.45, 2.75) is 149 Å². The lowest BCUT2D eigenvalue weighted by atomic mass is 9.81. The number of carbonyl (C=O) groups excluding carboxylic acids is 6. The van der Waals surface area contributed by atoms with E-state index in [0.29, 0.717) is 25.3 Å². The van der Waals surface area contributed by atoms with Crippen LogP contribution in [0.2, 0.25) is 0 Å². The van der Waals surface area contributed by atoms with Crippen molar-refractivity contribution in [2.75, 3.05) is 13.1 Å². The molecule has 10 nitrogen and oxygen atoms in total. The van der Waals surface area contributed by atoms with Crippen molar-refractivity contribution >= 4 is 34.9 Å². The van der Waals surface area contributed by atoms with Crippen LogP contribution >= 0.6 is 0 Å². The van der Waals surface area contributed by atoms with Gasteiger partial charge in [0.1, 0.15) is 11.6 Å². The second-order valence-corrected chi connectivity index (χ2v) is 16.6. The topological polar surface area (TPSA) is 150 Å². The molecule has 2 aromatic carbocycles. The summed E-state index contributed by atoms with van der Waals surface area (Å²) in [6.45, 7) is 12.6. The zero-order valence-corrected chi connectivity index (χ0v) is 35.3. The third kappa shape index (κ3) is 16.4. The number of hydrogen-bond donors (Lipinski definition) is 3. The Morgan fingerprint density at radius 3 is 1.77 bits per heavy atom. The summed E-state index contributed by atoms with van der Waals surface area (Å²) in [7, 11) is 0. The second kappa shape index (κ2) is 24.7. The quantitative estimate of drug-likeness (QED) is 0.0900. The normalized spacial score (nSPS) is 16.6. The molecule has 6 atom stereocenters. The summed E-state index contributed by atoms with van der Waals surface area (Å²) in [4.78, 5) is 83.8. The van der Waals surface area contributed by atoms with Crippen LogP contribution in [0.15, 0.2) is 60.7 Å². The minimum absolute atomic E-state index is 0.0386. The molecule has 1 saturated carbocycles. The van der Waals surface area contributed by atoms with E-state index in [4.69, 9.17) is 0 Å². The molecule has 0 spiro atoms. The summed E-state index contributed by atoms with van der Waals surface area (Å²) < 4.78 is 0. The Bertz CT molecular complexity index is 1570. The molecular formula is C47H69N3O7. The van der Waals surface area contributed by atoms with E-state index in [1.54, 1.807) is 6.92 Å². The molecule has 314 valence electrons. The van der Waals surface area contributed by atoms with E-state index in [1.165, 1.54) is 13.8 Å². The number of aliphatic hydroxyl groups excluding tert-OH is 1. The minimum Gasteiger partial charge on any atom is -0.393 e. The fraction of sp³-hybridized carbons (Fsp3) is 0.617. The Kier molecular flexibility index (Phi) is 20.5. The molecule has 0 aromatic heterocycles. The molecular weight excluding hydrogens is 719 g/mol. The number of ketones is 4. The van der Waals surface area contributed by atoms with E-state index >= 15 is 0 Å². The molecule has 2 unspecified atom stereocenters. The smallest absolute Gasteiger partial charge is 0.224 e. The Morgan fingerprint density at radius 1 is 0.719 bits per heavy atom. The Balaban J connectivity index is 1.79. The number of aliphatic hydroxyl groups is 1. The SMILES string of the molecule is CCN(CCCC[C@H](NC(=O)[C@@H](CC(=O)[C@H](C)NC(=O)C(CC(=O)C1CCCCC1)Cc1ccccc1)Cc1ccccc1)C(=O)CC(C(C)=O)[C@H](C)O)C(C)C. The first-order valence-electron chi connectivity index (χ1n) is 21.4. The number of carbonyl (C=O) groups is 6. The molecule has 0 bridgehead atoms. The van der Waals surface area contributed by atoms with Crippen molar-refractivity contribution in [1.29, 1.82) is 0 Å². The number of hydrogen-bond acceptors (Lipinski definition) is 8. The Morgan fingerprint density at radius 2 is 1.26 bits per heavy atom. The summed E-state index contributed by atoms with van der Waals surface area (Å²) in [5.74, 6) is -4.11. The van der Waals surface area contributed by atoms with Gasteiger partial charge in [0.2, 0.25) is 11.8 Å². The van der Waals surface area contributed by atoms with Gasteiger partial charge in [0.25, 0.3) is 0 Å². The maximum Gasteiger partial charge on any atom is 0.224 e. The van der Waals surface area contributed by atoms with E-state index in [9.17, 15) is 33.9 Å². The number of nitrogens with zero attached hydrogens (tertiary/aromatic N) is 1. The van der Waals surface area contributed by atoms with Crippen molar-refractivity contribution in [2.24, 2.45) is 23.7 Å². The predicted octanol–water partition coefficient (Wildman–Crippen LogP) is 6.64. The molecule has 1 aliphatic carbocycles. The maximum absolute atomic E-state index is 14.2. The van der Waals surface area contributed by atoms with Gasteiger partial charge in [-0.3, -0.25) is 28.8 Å². The van der Waals surface area contributed by atoms with Crippen molar-refractivity contribution in [3.8, 4) is 0 Å². The lowest BCUT2D eigenvalue weighted by Crippen LogP contribution is -2.47. The van der Waals surface area contributed by atoms with Crippen LogP contribution < -0.4 is 10.6 Å². The highest BCUT2D eigenvalue weighted by Crippen LogP contribution is 2.28. The summed E-state index contributed by atoms with van der Waals surface area (Å²) in [6, 6.07) is 17.5. The summed E-state index contributed by atoms with van der Waals surface area (Å²) >= 11 is 0. The molecule has 0 heterocycles. The summed E-state index contributed by atoms with van der Waals surface area (Å²) in [6.07, 6.45) is 5.95. The van der Waals surface area contributed by atoms with E-state index < -0.39 is 41.8 Å². The van der Waals surface area contributed by atoms with Crippen molar-refractivity contribution in [3.63, 3.8) is 0 Å². The van der Waals surface area contributed by atoms with E-state index in [0.717, 1.165) is 62.7 Å². The summed E-state index contributed by atoms with van der Waals surface area (Å²) in [5, 5.41) is 16.1. The van der Waals surface area contributed by atoms with Gasteiger partial charge in [-0.25, -0.2) is 0 Å². The van der Waals surface area contributed by atoms with Crippen molar-refractivity contribution in [1.82, 2.24) is 15.5 Å². The number of unbranched alkanes of at least 4 members (excludes halogenated alkanes) is 1. The van der Waals surface area contributed by atoms with Crippen LogP contribution in [0.3, 0.4) is 0 Å². The van der Waals surface area contributed by atoms with Crippen LogP contribution in [0.25, 0.3) is 0 Å². The molecule has 0 radical (unpaired) electrons. The molecule has 0 saturated heterocycles. The molecule has 57 heavy (non-hydrogen) atoms. The molecule has 10 heteroatoms. The van der Waals surface area contributed by atoms with Crippen LogP contribution in [0.1, 0.15) is 123 Å². The van der Waals surface area contributed by atoms with Crippen LogP contribution in [0.4, 0.5) is 0 Å². The third-order valence-corrected chi connectivity index (χ3v) is 11.7. The molecule has 0 aliphatic heterocycles. The lowest BCUT2D eigenvalue weighted by Gasteiger charge is -2.27. The highest BCUT2D eigenvalue weighted by atomic mass is 16.3. The molecule has 1 fully saturated rings. The van der Waals surface area contributed by atoms with Gasteiger partial charge >= 0.3 is 0 Å². The van der Waals surface area contributed by atoms with E-state index in [1.807, 2.05) is 60.7 Å². The number of rotatable bonds is 26. The van der Waals surface area contributed by atoms with Gasteiger partial charge in [-0.05, 0) is 104 Å². The molecule has 2 amide bonds. The average Bonchev–Trinajstić information content (AvgIpc) is 3.19. The first-order valence-corrected chi connectivity index (χ1v) is 21.4. The first kappa shape index (κ1) is 47.4. The third-order valence-electron chi connectivity index (χ3n) is 11.7. The van der Waals surface area contributed by atoms with E-state index in [-0.39, 0.29) is 60.6 Å². The number of Topliss-reactive ketones (excluding diaryl/α,β-unsaturated/α-hetero) is 4. The van der Waals surface area contributed by atoms with Gasteiger partial charge in [-0.1, -0.05) is 86.8 Å². The van der Waals surface area contributed by atoms with Crippen LogP contribution in [-0.2, 0) is 41.6 Å². The van der Waals surface area contributed by atoms with Crippen molar-refractivity contribution < 1.29 is 33.9 Å². The van der Waals surface area contributed by atoms with Crippen molar-refractivity contribution in [3.05, 3.63) is 71.8 Å². The zero-order chi connectivity index (χ0) is 41.9. The fourth-order valence-corrected chi connectivity index (χ4v) is 8.04. The number of amides is 2. The van der Waals surface area contributed by atoms with Gasteiger partial charge < -0.3 is 20.6 Å². The molecule has 3 N–H and O–H groups in total. The van der Waals surface area contributed by atoms with Crippen LogP contribution in [0.5, 0.6) is 0 Å². The summed E-state index contributed by atoms with van der Waals surface area (Å²) in [5.41, 5.74) is 1.77. The van der Waals surface area contributed by atoms with Gasteiger partial charge in [0.05, 0.1) is 18.2 Å². The van der Waals surface area contributed by atoms with Crippen LogP contribution in [-0.4, -0.2) is 82.3 Å². The standard InChI is InChI=1S/C47H69N3O7/c1-7-50(32(2)3)26-18-17-25-42(45(55)31-41(34(5)51)35(6)52)49-47(57)39(27-36-19-11-8-12-20-36)29-43(53)33(4)48-46(56)40(28-37-21-13-9-14-22-37)30-44(54)38-23-15-10-16-24-38/h8-9,11-14,19-22,32-34,38-42,51H,7,10,15-18,23-31H2,1-6H3,(H,48,56)(H,49,57)/t33-,34-,39+,40?,41?,42-/m0/s1. The number of nitrogens with one attached hydrogen (secondary N) is 2.